The molecule has 1 amide bonds. The largest absolute Gasteiger partial charge is 0.317 e. The molecule has 0 aliphatic heterocycles. The van der Waals surface area contributed by atoms with Crippen LogP contribution in [0.3, 0.4) is 0 Å². The van der Waals surface area contributed by atoms with E-state index in [4.69, 9.17) is 0 Å². The zero-order valence-electron chi connectivity index (χ0n) is 13.8. The standard InChI is InChI=1S/C16H15BrN6O2/c1-9-14(10(2)22(3)21-9)15(24)16(25)20-12-6-11(17)4-5-13(12)23-8-18-7-19-23/h4-8H,1-3H3,(H,20,25). The maximum absolute atomic E-state index is 12.6. The van der Waals surface area contributed by atoms with Crippen molar-refractivity contribution in [3.63, 3.8) is 0 Å². The van der Waals surface area contributed by atoms with E-state index >= 15 is 0 Å². The van der Waals surface area contributed by atoms with Gasteiger partial charge in [-0.2, -0.15) is 10.2 Å². The third kappa shape index (κ3) is 3.22. The third-order valence-electron chi connectivity index (χ3n) is 3.81. The molecule has 0 fully saturated rings. The van der Waals surface area contributed by atoms with Gasteiger partial charge in [-0.05, 0) is 32.0 Å². The summed E-state index contributed by atoms with van der Waals surface area (Å²) in [5, 5.41) is 10.9. The Labute approximate surface area is 152 Å². The number of rotatable bonds is 4. The normalized spacial score (nSPS) is 10.7. The van der Waals surface area contributed by atoms with Crippen molar-refractivity contribution in [2.24, 2.45) is 7.05 Å². The molecule has 0 saturated carbocycles. The molecular formula is C16H15BrN6O2. The summed E-state index contributed by atoms with van der Waals surface area (Å²) in [5.74, 6) is -1.37. The van der Waals surface area contributed by atoms with Crippen LogP contribution in [0.25, 0.3) is 5.69 Å². The van der Waals surface area contributed by atoms with Crippen molar-refractivity contribution in [3.05, 3.63) is 52.3 Å². The van der Waals surface area contributed by atoms with E-state index in [9.17, 15) is 9.59 Å². The van der Waals surface area contributed by atoms with Gasteiger partial charge in [0.15, 0.2) is 0 Å². The minimum Gasteiger partial charge on any atom is -0.317 e. The predicted octanol–water partition coefficient (Wildman–Crippen LogP) is 2.20. The molecular weight excluding hydrogens is 388 g/mol. The Balaban J connectivity index is 1.93. The van der Waals surface area contributed by atoms with Crippen LogP contribution < -0.4 is 5.32 Å². The van der Waals surface area contributed by atoms with Crippen LogP contribution in [0.4, 0.5) is 5.69 Å². The maximum Gasteiger partial charge on any atom is 0.296 e. The summed E-state index contributed by atoms with van der Waals surface area (Å²) >= 11 is 3.36. The Morgan fingerprint density at radius 2 is 2.00 bits per heavy atom. The quantitative estimate of drug-likeness (QED) is 0.533. The van der Waals surface area contributed by atoms with Crippen LogP contribution in [0, 0.1) is 13.8 Å². The molecule has 3 aromatic rings. The smallest absolute Gasteiger partial charge is 0.296 e. The van der Waals surface area contributed by atoms with Gasteiger partial charge in [0.2, 0.25) is 0 Å². The van der Waals surface area contributed by atoms with Gasteiger partial charge in [0, 0.05) is 17.2 Å². The first kappa shape index (κ1) is 17.0. The number of carbonyl (C=O) groups excluding carboxylic acids is 2. The number of nitrogens with zero attached hydrogens (tertiary/aromatic N) is 5. The van der Waals surface area contributed by atoms with Gasteiger partial charge in [-0.25, -0.2) is 9.67 Å². The van der Waals surface area contributed by atoms with E-state index in [-0.39, 0.29) is 0 Å². The van der Waals surface area contributed by atoms with Crippen molar-refractivity contribution >= 4 is 33.3 Å². The van der Waals surface area contributed by atoms with Crippen LogP contribution >= 0.6 is 15.9 Å². The van der Waals surface area contributed by atoms with Crippen LogP contribution in [-0.4, -0.2) is 36.2 Å². The van der Waals surface area contributed by atoms with Crippen molar-refractivity contribution in [1.82, 2.24) is 24.5 Å². The number of nitrogens with one attached hydrogen (secondary N) is 1. The molecule has 0 aliphatic carbocycles. The van der Waals surface area contributed by atoms with Crippen molar-refractivity contribution in [1.29, 1.82) is 0 Å². The van der Waals surface area contributed by atoms with E-state index in [0.717, 1.165) is 4.47 Å². The Bertz CT molecular complexity index is 961. The Kier molecular flexibility index (Phi) is 4.49. The SMILES string of the molecule is Cc1nn(C)c(C)c1C(=O)C(=O)Nc1cc(Br)ccc1-n1cncn1. The van der Waals surface area contributed by atoms with E-state index < -0.39 is 11.7 Å². The zero-order chi connectivity index (χ0) is 18.1. The minimum absolute atomic E-state index is 0.317. The topological polar surface area (TPSA) is 94.7 Å². The Morgan fingerprint density at radius 3 is 2.60 bits per heavy atom. The first-order valence-electron chi connectivity index (χ1n) is 7.39. The van der Waals surface area contributed by atoms with Crippen molar-refractivity contribution in [3.8, 4) is 5.69 Å². The lowest BCUT2D eigenvalue weighted by Crippen LogP contribution is -2.24. The first-order valence-corrected chi connectivity index (χ1v) is 8.18. The number of hydrogen-bond donors (Lipinski definition) is 1. The van der Waals surface area contributed by atoms with Crippen molar-refractivity contribution < 1.29 is 9.59 Å². The Hall–Kier alpha value is -2.81. The maximum atomic E-state index is 12.6. The molecule has 0 aliphatic rings. The second-order valence-electron chi connectivity index (χ2n) is 5.45. The summed E-state index contributed by atoms with van der Waals surface area (Å²) in [6.07, 6.45) is 2.90. The molecule has 0 unspecified atom stereocenters. The zero-order valence-corrected chi connectivity index (χ0v) is 15.4. The average molecular weight is 403 g/mol. The fraction of sp³-hybridized carbons (Fsp3) is 0.188. The van der Waals surface area contributed by atoms with Gasteiger partial charge in [0.05, 0.1) is 22.6 Å². The number of ketones is 1. The van der Waals surface area contributed by atoms with E-state index in [1.54, 1.807) is 37.7 Å². The summed E-state index contributed by atoms with van der Waals surface area (Å²) < 4.78 is 3.84. The number of carbonyl (C=O) groups is 2. The van der Waals surface area contributed by atoms with Crippen LogP contribution in [0.5, 0.6) is 0 Å². The number of amides is 1. The molecule has 0 saturated heterocycles. The van der Waals surface area contributed by atoms with E-state index in [1.807, 2.05) is 6.07 Å². The second-order valence-corrected chi connectivity index (χ2v) is 6.37. The number of anilines is 1. The lowest BCUT2D eigenvalue weighted by atomic mass is 10.1. The first-order chi connectivity index (χ1) is 11.9. The fourth-order valence-electron chi connectivity index (χ4n) is 2.54. The summed E-state index contributed by atoms with van der Waals surface area (Å²) in [4.78, 5) is 29.0. The molecule has 2 aromatic heterocycles. The summed E-state index contributed by atoms with van der Waals surface area (Å²) in [6.45, 7) is 3.45. The number of hydrogen-bond acceptors (Lipinski definition) is 5. The lowest BCUT2D eigenvalue weighted by Gasteiger charge is -2.11. The van der Waals surface area contributed by atoms with Crippen molar-refractivity contribution in [2.75, 3.05) is 5.32 Å². The molecule has 0 atom stereocenters. The Morgan fingerprint density at radius 1 is 1.24 bits per heavy atom. The fourth-order valence-corrected chi connectivity index (χ4v) is 2.90. The predicted molar refractivity (Wildman–Crippen MR) is 94.7 cm³/mol. The molecule has 25 heavy (non-hydrogen) atoms. The van der Waals surface area contributed by atoms with Crippen LogP contribution in [-0.2, 0) is 11.8 Å². The van der Waals surface area contributed by atoms with Crippen LogP contribution in [0.15, 0.2) is 35.3 Å². The number of aryl methyl sites for hydroxylation is 2. The van der Waals surface area contributed by atoms with Crippen molar-refractivity contribution in [2.45, 2.75) is 13.8 Å². The molecule has 2 heterocycles. The van der Waals surface area contributed by atoms with Crippen LogP contribution in [0.2, 0.25) is 0 Å². The molecule has 0 bridgehead atoms. The molecule has 3 rings (SSSR count). The number of halogens is 1. The molecule has 8 nitrogen and oxygen atoms in total. The summed E-state index contributed by atoms with van der Waals surface area (Å²) in [5.41, 5.74) is 2.52. The van der Waals surface area contributed by atoms with Gasteiger partial charge in [-0.1, -0.05) is 15.9 Å². The molecule has 0 radical (unpaired) electrons. The van der Waals surface area contributed by atoms with Gasteiger partial charge in [-0.3, -0.25) is 14.3 Å². The highest BCUT2D eigenvalue weighted by atomic mass is 79.9. The van der Waals surface area contributed by atoms with Gasteiger partial charge in [-0.15, -0.1) is 0 Å². The minimum atomic E-state index is -0.737. The van der Waals surface area contributed by atoms with Gasteiger partial charge < -0.3 is 5.32 Å². The highest BCUT2D eigenvalue weighted by Crippen LogP contribution is 2.25. The number of aromatic nitrogens is 5. The second kappa shape index (κ2) is 6.60. The number of Topliss-reactive ketones (excluding diaryl/α,β-unsaturated/α-hetero) is 1. The van der Waals surface area contributed by atoms with E-state index in [1.165, 1.54) is 17.3 Å². The average Bonchev–Trinajstić information content (AvgIpc) is 3.16. The van der Waals surface area contributed by atoms with Gasteiger partial charge in [0.1, 0.15) is 12.7 Å². The van der Waals surface area contributed by atoms with Gasteiger partial charge in [0.25, 0.3) is 11.7 Å². The third-order valence-corrected chi connectivity index (χ3v) is 4.31. The van der Waals surface area contributed by atoms with E-state index in [2.05, 4.69) is 36.4 Å². The highest BCUT2D eigenvalue weighted by molar-refractivity contribution is 9.10. The van der Waals surface area contributed by atoms with E-state index in [0.29, 0.717) is 28.3 Å². The summed E-state index contributed by atoms with van der Waals surface area (Å²) in [6, 6.07) is 5.27. The molecule has 0 spiro atoms. The molecule has 9 heteroatoms. The molecule has 128 valence electrons. The monoisotopic (exact) mass is 402 g/mol. The van der Waals surface area contributed by atoms with Gasteiger partial charge >= 0.3 is 0 Å². The molecule has 1 N–H and O–H groups in total. The lowest BCUT2D eigenvalue weighted by molar-refractivity contribution is -0.112. The highest BCUT2D eigenvalue weighted by Gasteiger charge is 2.24. The number of benzene rings is 1. The summed E-state index contributed by atoms with van der Waals surface area (Å²) in [7, 11) is 1.73. The van der Waals surface area contributed by atoms with Crippen LogP contribution in [0.1, 0.15) is 21.7 Å². The molecule has 1 aromatic carbocycles.